The van der Waals surface area contributed by atoms with Crippen molar-refractivity contribution in [3.8, 4) is 0 Å². The van der Waals surface area contributed by atoms with Gasteiger partial charge < -0.3 is 0 Å². The highest BCUT2D eigenvalue weighted by molar-refractivity contribution is 7.17. The van der Waals surface area contributed by atoms with Gasteiger partial charge in [0.25, 0.3) is 0 Å². The van der Waals surface area contributed by atoms with Crippen LogP contribution in [0.25, 0.3) is 10.1 Å². The predicted molar refractivity (Wildman–Crippen MR) is 77.1 cm³/mol. The Morgan fingerprint density at radius 2 is 2.00 bits per heavy atom. The molecule has 1 fully saturated rings. The SMILES string of the molecule is O=C(CCc1csc2ccccc12)C1CCCC1. The van der Waals surface area contributed by atoms with Crippen molar-refractivity contribution in [2.24, 2.45) is 5.92 Å². The standard InChI is InChI=1S/C16H18OS/c17-15(12-5-1-2-6-12)10-9-13-11-18-16-8-4-3-7-14(13)16/h3-4,7-8,11-12H,1-2,5-6,9-10H2. The summed E-state index contributed by atoms with van der Waals surface area (Å²) in [5, 5.41) is 3.55. The van der Waals surface area contributed by atoms with Crippen molar-refractivity contribution >= 4 is 27.2 Å². The van der Waals surface area contributed by atoms with E-state index in [1.807, 2.05) is 0 Å². The lowest BCUT2D eigenvalue weighted by molar-refractivity contribution is -0.122. The Morgan fingerprint density at radius 1 is 1.22 bits per heavy atom. The molecular formula is C16H18OS. The van der Waals surface area contributed by atoms with Gasteiger partial charge >= 0.3 is 0 Å². The smallest absolute Gasteiger partial charge is 0.136 e. The molecule has 2 heteroatoms. The van der Waals surface area contributed by atoms with E-state index in [0.717, 1.165) is 25.7 Å². The van der Waals surface area contributed by atoms with Gasteiger partial charge in [-0.15, -0.1) is 11.3 Å². The van der Waals surface area contributed by atoms with Crippen LogP contribution in [-0.4, -0.2) is 5.78 Å². The van der Waals surface area contributed by atoms with E-state index < -0.39 is 0 Å². The minimum atomic E-state index is 0.370. The Labute approximate surface area is 112 Å². The fourth-order valence-corrected chi connectivity index (χ4v) is 3.93. The molecule has 0 radical (unpaired) electrons. The number of thiophene rings is 1. The van der Waals surface area contributed by atoms with E-state index in [-0.39, 0.29) is 0 Å². The van der Waals surface area contributed by atoms with Crippen molar-refractivity contribution in [2.75, 3.05) is 0 Å². The van der Waals surface area contributed by atoms with Crippen LogP contribution < -0.4 is 0 Å². The number of hydrogen-bond donors (Lipinski definition) is 0. The summed E-state index contributed by atoms with van der Waals surface area (Å²) < 4.78 is 1.33. The van der Waals surface area contributed by atoms with Crippen LogP contribution in [-0.2, 0) is 11.2 Å². The number of benzene rings is 1. The highest BCUT2D eigenvalue weighted by Crippen LogP contribution is 2.29. The molecule has 1 aromatic heterocycles. The van der Waals surface area contributed by atoms with Crippen molar-refractivity contribution in [3.63, 3.8) is 0 Å². The van der Waals surface area contributed by atoms with E-state index in [2.05, 4.69) is 29.6 Å². The highest BCUT2D eigenvalue weighted by Gasteiger charge is 2.22. The molecule has 0 saturated heterocycles. The topological polar surface area (TPSA) is 17.1 Å². The Bertz CT molecular complexity index is 549. The second-order valence-corrected chi connectivity index (χ2v) is 6.12. The molecule has 0 amide bonds. The summed E-state index contributed by atoms with van der Waals surface area (Å²) >= 11 is 1.79. The van der Waals surface area contributed by atoms with Gasteiger partial charge in [0, 0.05) is 17.0 Å². The van der Waals surface area contributed by atoms with E-state index in [1.54, 1.807) is 11.3 Å². The van der Waals surface area contributed by atoms with Gasteiger partial charge in [0.15, 0.2) is 0 Å². The second kappa shape index (κ2) is 5.23. The Morgan fingerprint density at radius 3 is 2.83 bits per heavy atom. The monoisotopic (exact) mass is 258 g/mol. The van der Waals surface area contributed by atoms with Crippen molar-refractivity contribution in [1.29, 1.82) is 0 Å². The zero-order valence-electron chi connectivity index (χ0n) is 10.5. The molecule has 1 aromatic carbocycles. The van der Waals surface area contributed by atoms with Gasteiger partial charge in [-0.25, -0.2) is 0 Å². The third-order valence-corrected chi connectivity index (χ3v) is 5.02. The van der Waals surface area contributed by atoms with Crippen LogP contribution in [0.5, 0.6) is 0 Å². The van der Waals surface area contributed by atoms with Gasteiger partial charge in [-0.05, 0) is 41.7 Å². The normalized spacial score (nSPS) is 16.4. The molecule has 0 unspecified atom stereocenters. The van der Waals surface area contributed by atoms with E-state index >= 15 is 0 Å². The van der Waals surface area contributed by atoms with Gasteiger partial charge in [-0.2, -0.15) is 0 Å². The van der Waals surface area contributed by atoms with Crippen molar-refractivity contribution in [1.82, 2.24) is 0 Å². The van der Waals surface area contributed by atoms with E-state index in [4.69, 9.17) is 0 Å². The summed E-state index contributed by atoms with van der Waals surface area (Å²) in [5.41, 5.74) is 1.35. The zero-order valence-corrected chi connectivity index (χ0v) is 11.3. The van der Waals surface area contributed by atoms with Crippen LogP contribution in [0.15, 0.2) is 29.6 Å². The molecule has 2 aromatic rings. The first kappa shape index (κ1) is 11.9. The molecule has 1 aliphatic rings. The van der Waals surface area contributed by atoms with Gasteiger partial charge in [0.05, 0.1) is 0 Å². The molecular weight excluding hydrogens is 240 g/mol. The average Bonchev–Trinajstić information content (AvgIpc) is 3.06. The van der Waals surface area contributed by atoms with Crippen molar-refractivity contribution in [2.45, 2.75) is 38.5 Å². The number of carbonyl (C=O) groups is 1. The van der Waals surface area contributed by atoms with E-state index in [1.165, 1.54) is 28.5 Å². The maximum atomic E-state index is 12.1. The van der Waals surface area contributed by atoms with Crippen LogP contribution in [0, 0.1) is 5.92 Å². The van der Waals surface area contributed by atoms with Crippen LogP contribution in [0.3, 0.4) is 0 Å². The molecule has 3 rings (SSSR count). The van der Waals surface area contributed by atoms with Crippen LogP contribution in [0.2, 0.25) is 0 Å². The summed E-state index contributed by atoms with van der Waals surface area (Å²) in [4.78, 5) is 12.1. The Hall–Kier alpha value is -1.15. The second-order valence-electron chi connectivity index (χ2n) is 5.20. The third-order valence-electron chi connectivity index (χ3n) is 4.01. The zero-order chi connectivity index (χ0) is 12.4. The third kappa shape index (κ3) is 2.35. The summed E-state index contributed by atoms with van der Waals surface area (Å²) in [6.07, 6.45) is 6.40. The molecule has 1 aliphatic carbocycles. The molecule has 18 heavy (non-hydrogen) atoms. The maximum absolute atomic E-state index is 12.1. The van der Waals surface area contributed by atoms with Crippen molar-refractivity contribution in [3.05, 3.63) is 35.2 Å². The quantitative estimate of drug-likeness (QED) is 0.783. The molecule has 1 saturated carbocycles. The van der Waals surface area contributed by atoms with Crippen molar-refractivity contribution < 1.29 is 4.79 Å². The average molecular weight is 258 g/mol. The molecule has 0 bridgehead atoms. The molecule has 0 atom stereocenters. The highest BCUT2D eigenvalue weighted by atomic mass is 32.1. The number of carbonyl (C=O) groups excluding carboxylic acids is 1. The summed E-state index contributed by atoms with van der Waals surface area (Å²) in [7, 11) is 0. The fraction of sp³-hybridized carbons (Fsp3) is 0.438. The van der Waals surface area contributed by atoms with Crippen LogP contribution in [0.1, 0.15) is 37.7 Å². The first-order chi connectivity index (χ1) is 8.84. The number of hydrogen-bond acceptors (Lipinski definition) is 2. The van der Waals surface area contributed by atoms with Gasteiger partial charge in [-0.3, -0.25) is 4.79 Å². The minimum Gasteiger partial charge on any atom is -0.299 e. The molecule has 94 valence electrons. The van der Waals surface area contributed by atoms with Crippen LogP contribution in [0.4, 0.5) is 0 Å². The van der Waals surface area contributed by atoms with E-state index in [9.17, 15) is 4.79 Å². The molecule has 0 spiro atoms. The first-order valence-corrected chi connectivity index (χ1v) is 7.70. The lowest BCUT2D eigenvalue weighted by atomic mass is 9.97. The Balaban J connectivity index is 1.67. The largest absolute Gasteiger partial charge is 0.299 e. The van der Waals surface area contributed by atoms with E-state index in [0.29, 0.717) is 11.7 Å². The number of fused-ring (bicyclic) bond motifs is 1. The lowest BCUT2D eigenvalue weighted by Crippen LogP contribution is -2.11. The molecule has 0 N–H and O–H groups in total. The lowest BCUT2D eigenvalue weighted by Gasteiger charge is -2.07. The Kier molecular flexibility index (Phi) is 3.46. The summed E-state index contributed by atoms with van der Waals surface area (Å²) in [6.45, 7) is 0. The van der Waals surface area contributed by atoms with Gasteiger partial charge in [0.2, 0.25) is 0 Å². The number of aryl methyl sites for hydroxylation is 1. The molecule has 1 nitrogen and oxygen atoms in total. The fourth-order valence-electron chi connectivity index (χ4n) is 2.94. The first-order valence-electron chi connectivity index (χ1n) is 6.82. The molecule has 1 heterocycles. The van der Waals surface area contributed by atoms with Gasteiger partial charge in [0.1, 0.15) is 5.78 Å². The number of rotatable bonds is 4. The van der Waals surface area contributed by atoms with Crippen LogP contribution >= 0.6 is 11.3 Å². The minimum absolute atomic E-state index is 0.370. The number of ketones is 1. The summed E-state index contributed by atoms with van der Waals surface area (Å²) in [5.74, 6) is 0.859. The molecule has 0 aliphatic heterocycles. The summed E-state index contributed by atoms with van der Waals surface area (Å²) in [6, 6.07) is 8.48. The predicted octanol–water partition coefficient (Wildman–Crippen LogP) is 4.59. The van der Waals surface area contributed by atoms with Gasteiger partial charge in [-0.1, -0.05) is 31.0 Å². The number of Topliss-reactive ketones (excluding diaryl/α,β-unsaturated/α-hetero) is 1. The maximum Gasteiger partial charge on any atom is 0.136 e.